The Labute approximate surface area is 131 Å². The smallest absolute Gasteiger partial charge is 0.123 e. The highest BCUT2D eigenvalue weighted by molar-refractivity contribution is 6.31. The van der Waals surface area contributed by atoms with E-state index in [1.54, 1.807) is 6.07 Å². The van der Waals surface area contributed by atoms with Crippen molar-refractivity contribution in [3.8, 4) is 0 Å². The fraction of sp³-hybridized carbons (Fsp3) is 0.625. The van der Waals surface area contributed by atoms with Crippen LogP contribution < -0.4 is 5.32 Å². The molecule has 0 radical (unpaired) electrons. The van der Waals surface area contributed by atoms with Gasteiger partial charge in [0.05, 0.1) is 12.7 Å². The first-order valence-corrected chi connectivity index (χ1v) is 8.03. The summed E-state index contributed by atoms with van der Waals surface area (Å²) in [6.45, 7) is 8.74. The molecule has 1 aliphatic rings. The predicted octanol–water partition coefficient (Wildman–Crippen LogP) is 2.72. The van der Waals surface area contributed by atoms with E-state index in [-0.39, 0.29) is 18.0 Å². The van der Waals surface area contributed by atoms with Gasteiger partial charge < -0.3 is 10.1 Å². The minimum Gasteiger partial charge on any atom is -0.374 e. The van der Waals surface area contributed by atoms with Gasteiger partial charge in [0.1, 0.15) is 5.82 Å². The summed E-state index contributed by atoms with van der Waals surface area (Å²) in [5.41, 5.74) is 0.833. The second kappa shape index (κ2) is 8.08. The van der Waals surface area contributed by atoms with Crippen LogP contribution in [0.5, 0.6) is 0 Å². The molecule has 0 amide bonds. The first kappa shape index (κ1) is 16.7. The second-order valence-corrected chi connectivity index (χ2v) is 5.81. The number of rotatable bonds is 6. The van der Waals surface area contributed by atoms with Gasteiger partial charge in [0.2, 0.25) is 0 Å². The van der Waals surface area contributed by atoms with Crippen LogP contribution in [0.2, 0.25) is 5.02 Å². The molecule has 0 aliphatic carbocycles. The Bertz CT molecular complexity index is 458. The molecule has 0 spiro atoms. The lowest BCUT2D eigenvalue weighted by Gasteiger charge is -2.37. The second-order valence-electron chi connectivity index (χ2n) is 5.41. The number of nitrogens with zero attached hydrogens (tertiary/aromatic N) is 1. The van der Waals surface area contributed by atoms with Crippen molar-refractivity contribution in [3.05, 3.63) is 34.6 Å². The van der Waals surface area contributed by atoms with Crippen molar-refractivity contribution in [1.29, 1.82) is 0 Å². The van der Waals surface area contributed by atoms with Gasteiger partial charge in [0.25, 0.3) is 0 Å². The molecular weight excluding hydrogens is 291 g/mol. The average Bonchev–Trinajstić information content (AvgIpc) is 2.50. The maximum absolute atomic E-state index is 13.4. The lowest BCUT2D eigenvalue weighted by atomic mass is 9.99. The number of halogens is 2. The zero-order valence-electron chi connectivity index (χ0n) is 12.7. The Morgan fingerprint density at radius 2 is 2.29 bits per heavy atom. The molecule has 1 N–H and O–H groups in total. The fourth-order valence-electron chi connectivity index (χ4n) is 2.80. The van der Waals surface area contributed by atoms with E-state index in [4.69, 9.17) is 16.3 Å². The first-order valence-electron chi connectivity index (χ1n) is 7.65. The van der Waals surface area contributed by atoms with E-state index in [0.717, 1.165) is 38.3 Å². The van der Waals surface area contributed by atoms with Gasteiger partial charge in [-0.1, -0.05) is 25.4 Å². The molecule has 0 aromatic heterocycles. The van der Waals surface area contributed by atoms with Crippen molar-refractivity contribution in [1.82, 2.24) is 10.2 Å². The van der Waals surface area contributed by atoms with E-state index in [0.29, 0.717) is 11.4 Å². The molecule has 0 bridgehead atoms. The van der Waals surface area contributed by atoms with Crippen LogP contribution in [0.4, 0.5) is 4.39 Å². The normalized spacial score (nSPS) is 21.4. The summed E-state index contributed by atoms with van der Waals surface area (Å²) in [7, 11) is 0. The number of nitrogens with one attached hydrogen (secondary N) is 1. The van der Waals surface area contributed by atoms with E-state index in [9.17, 15) is 4.39 Å². The van der Waals surface area contributed by atoms with Gasteiger partial charge in [0.15, 0.2) is 0 Å². The largest absolute Gasteiger partial charge is 0.374 e. The summed E-state index contributed by atoms with van der Waals surface area (Å²) in [6, 6.07) is 4.68. The number of ether oxygens (including phenoxy) is 1. The van der Waals surface area contributed by atoms with Crippen LogP contribution in [-0.4, -0.2) is 49.8 Å². The molecule has 3 nitrogen and oxygen atoms in total. The van der Waals surface area contributed by atoms with Crippen molar-refractivity contribution in [2.75, 3.05) is 32.8 Å². The molecule has 1 fully saturated rings. The van der Waals surface area contributed by atoms with Crippen LogP contribution in [0.15, 0.2) is 18.2 Å². The lowest BCUT2D eigenvalue weighted by molar-refractivity contribution is -0.0445. The Balaban J connectivity index is 2.09. The predicted molar refractivity (Wildman–Crippen MR) is 84.4 cm³/mol. The summed E-state index contributed by atoms with van der Waals surface area (Å²) in [6.07, 6.45) is 0.783. The van der Waals surface area contributed by atoms with Gasteiger partial charge in [-0.25, -0.2) is 4.39 Å². The summed E-state index contributed by atoms with van der Waals surface area (Å²) >= 11 is 6.19. The van der Waals surface area contributed by atoms with Crippen molar-refractivity contribution in [2.24, 2.45) is 0 Å². The number of benzene rings is 1. The van der Waals surface area contributed by atoms with E-state index in [1.807, 2.05) is 0 Å². The standard InChI is InChI=1S/C16H24ClFN2O/c1-3-19-15(16-11-20(4-2)7-8-21-16)10-12-9-13(18)5-6-14(12)17/h5-6,9,15-16,19H,3-4,7-8,10-11H2,1-2H3. The van der Waals surface area contributed by atoms with Gasteiger partial charge in [0, 0.05) is 24.2 Å². The highest BCUT2D eigenvalue weighted by Crippen LogP contribution is 2.21. The van der Waals surface area contributed by atoms with Crippen molar-refractivity contribution in [2.45, 2.75) is 32.4 Å². The third kappa shape index (κ3) is 4.65. The number of likely N-dealkylation sites (N-methyl/N-ethyl adjacent to an activating group) is 2. The van der Waals surface area contributed by atoms with Crippen LogP contribution in [0.3, 0.4) is 0 Å². The topological polar surface area (TPSA) is 24.5 Å². The summed E-state index contributed by atoms with van der Waals surface area (Å²) < 4.78 is 19.3. The SMILES string of the molecule is CCNC(Cc1cc(F)ccc1Cl)C1CN(CC)CCO1. The Hall–Kier alpha value is -0.680. The zero-order valence-corrected chi connectivity index (χ0v) is 13.5. The first-order chi connectivity index (χ1) is 10.1. The Morgan fingerprint density at radius 3 is 3.00 bits per heavy atom. The third-order valence-corrected chi connectivity index (χ3v) is 4.36. The van der Waals surface area contributed by atoms with E-state index >= 15 is 0 Å². The molecular formula is C16H24ClFN2O. The lowest BCUT2D eigenvalue weighted by Crippen LogP contribution is -2.53. The molecule has 1 heterocycles. The zero-order chi connectivity index (χ0) is 15.2. The molecule has 2 unspecified atom stereocenters. The molecule has 1 saturated heterocycles. The highest BCUT2D eigenvalue weighted by Gasteiger charge is 2.27. The Kier molecular flexibility index (Phi) is 6.42. The molecule has 1 aliphatic heterocycles. The number of hydrogen-bond donors (Lipinski definition) is 1. The maximum atomic E-state index is 13.4. The molecule has 0 saturated carbocycles. The van der Waals surface area contributed by atoms with E-state index < -0.39 is 0 Å². The van der Waals surface area contributed by atoms with Crippen molar-refractivity contribution < 1.29 is 9.13 Å². The van der Waals surface area contributed by atoms with Crippen LogP contribution in [0.25, 0.3) is 0 Å². The fourth-order valence-corrected chi connectivity index (χ4v) is 2.99. The van der Waals surface area contributed by atoms with Gasteiger partial charge in [-0.2, -0.15) is 0 Å². The molecule has 5 heteroatoms. The minimum absolute atomic E-state index is 0.109. The molecule has 118 valence electrons. The molecule has 1 aromatic rings. The van der Waals surface area contributed by atoms with Crippen LogP contribution in [0, 0.1) is 5.82 Å². The Morgan fingerprint density at radius 1 is 1.48 bits per heavy atom. The quantitative estimate of drug-likeness (QED) is 0.874. The molecule has 2 rings (SSSR count). The molecule has 1 aromatic carbocycles. The van der Waals surface area contributed by atoms with E-state index in [1.165, 1.54) is 12.1 Å². The van der Waals surface area contributed by atoms with Crippen molar-refractivity contribution >= 4 is 11.6 Å². The maximum Gasteiger partial charge on any atom is 0.123 e. The van der Waals surface area contributed by atoms with Gasteiger partial charge in [-0.05, 0) is 43.3 Å². The van der Waals surface area contributed by atoms with Crippen LogP contribution in [-0.2, 0) is 11.2 Å². The minimum atomic E-state index is -0.246. The number of morpholine rings is 1. The summed E-state index contributed by atoms with van der Waals surface area (Å²) in [4.78, 5) is 2.38. The summed E-state index contributed by atoms with van der Waals surface area (Å²) in [5, 5.41) is 4.07. The molecule has 2 atom stereocenters. The summed E-state index contributed by atoms with van der Waals surface area (Å²) in [5.74, 6) is -0.246. The highest BCUT2D eigenvalue weighted by atomic mass is 35.5. The van der Waals surface area contributed by atoms with Crippen LogP contribution >= 0.6 is 11.6 Å². The number of hydrogen-bond acceptors (Lipinski definition) is 3. The van der Waals surface area contributed by atoms with Crippen LogP contribution in [0.1, 0.15) is 19.4 Å². The van der Waals surface area contributed by atoms with Crippen molar-refractivity contribution in [3.63, 3.8) is 0 Å². The van der Waals surface area contributed by atoms with Gasteiger partial charge in [-0.15, -0.1) is 0 Å². The third-order valence-electron chi connectivity index (χ3n) is 3.99. The monoisotopic (exact) mass is 314 g/mol. The molecule has 21 heavy (non-hydrogen) atoms. The average molecular weight is 315 g/mol. The van der Waals surface area contributed by atoms with Gasteiger partial charge >= 0.3 is 0 Å². The van der Waals surface area contributed by atoms with Gasteiger partial charge in [-0.3, -0.25) is 4.90 Å². The van der Waals surface area contributed by atoms with E-state index in [2.05, 4.69) is 24.1 Å².